The maximum Gasteiger partial charge on any atom is 0.455 e. The molecular weight excluding hydrogens is 269 g/mol. The normalized spacial score (nSPS) is 12.0. The minimum absolute atomic E-state index is 0.0836. The Morgan fingerprint density at radius 3 is 1.95 bits per heavy atom. The van der Waals surface area contributed by atoms with Gasteiger partial charge in [0, 0.05) is 6.42 Å². The molecule has 0 saturated heterocycles. The molecule has 0 saturated carbocycles. The first-order chi connectivity index (χ1) is 9.54. The van der Waals surface area contributed by atoms with E-state index in [1.54, 1.807) is 0 Å². The van der Waals surface area contributed by atoms with Gasteiger partial charge in [-0.15, -0.1) is 0 Å². The SMILES string of the molecule is CCCCCCCCCCCc1nc(C(F)(F)F)no1. The van der Waals surface area contributed by atoms with E-state index >= 15 is 0 Å². The first-order valence-corrected chi connectivity index (χ1v) is 7.44. The highest BCUT2D eigenvalue weighted by Gasteiger charge is 2.37. The second-order valence-corrected chi connectivity index (χ2v) is 5.09. The fourth-order valence-electron chi connectivity index (χ4n) is 2.06. The maximum atomic E-state index is 12.2. The summed E-state index contributed by atoms with van der Waals surface area (Å²) in [6.07, 6.45) is 6.42. The van der Waals surface area contributed by atoms with Crippen LogP contribution in [-0.4, -0.2) is 10.1 Å². The molecule has 0 spiro atoms. The fraction of sp³-hybridized carbons (Fsp3) is 0.857. The summed E-state index contributed by atoms with van der Waals surface area (Å²) in [4.78, 5) is 3.35. The number of alkyl halides is 3. The second kappa shape index (κ2) is 8.97. The lowest BCUT2D eigenvalue weighted by Crippen LogP contribution is -2.07. The highest BCUT2D eigenvalue weighted by atomic mass is 19.4. The average molecular weight is 292 g/mol. The number of halogens is 3. The average Bonchev–Trinajstić information content (AvgIpc) is 2.85. The van der Waals surface area contributed by atoms with Crippen LogP contribution in [0, 0.1) is 0 Å². The maximum absolute atomic E-state index is 12.2. The van der Waals surface area contributed by atoms with Gasteiger partial charge in [0.1, 0.15) is 0 Å². The molecule has 1 rings (SSSR count). The van der Waals surface area contributed by atoms with Crippen molar-refractivity contribution < 1.29 is 17.7 Å². The molecule has 0 unspecified atom stereocenters. The van der Waals surface area contributed by atoms with Crippen LogP contribution in [0.4, 0.5) is 13.2 Å². The lowest BCUT2D eigenvalue weighted by Gasteiger charge is -2.00. The van der Waals surface area contributed by atoms with E-state index in [1.807, 2.05) is 0 Å². The first kappa shape index (κ1) is 17.0. The van der Waals surface area contributed by atoms with Crippen LogP contribution < -0.4 is 0 Å². The van der Waals surface area contributed by atoms with E-state index in [1.165, 1.54) is 38.5 Å². The van der Waals surface area contributed by atoms with Crippen LogP contribution in [0.15, 0.2) is 4.52 Å². The summed E-state index contributed by atoms with van der Waals surface area (Å²) >= 11 is 0. The van der Waals surface area contributed by atoms with Gasteiger partial charge in [-0.05, 0) is 6.42 Å². The van der Waals surface area contributed by atoms with Crippen molar-refractivity contribution >= 4 is 0 Å². The van der Waals surface area contributed by atoms with Crippen molar-refractivity contribution in [3.63, 3.8) is 0 Å². The van der Waals surface area contributed by atoms with Gasteiger partial charge in [0.25, 0.3) is 5.82 Å². The predicted octanol–water partition coefficient (Wildman–Crippen LogP) is 5.16. The lowest BCUT2D eigenvalue weighted by molar-refractivity contribution is -0.146. The monoisotopic (exact) mass is 292 g/mol. The molecule has 0 N–H and O–H groups in total. The molecule has 0 atom stereocenters. The number of hydrogen-bond acceptors (Lipinski definition) is 3. The van der Waals surface area contributed by atoms with Crippen LogP contribution in [0.2, 0.25) is 0 Å². The van der Waals surface area contributed by atoms with Gasteiger partial charge in [-0.25, -0.2) is 0 Å². The summed E-state index contributed by atoms with van der Waals surface area (Å²) in [5.74, 6) is -1.09. The van der Waals surface area contributed by atoms with Gasteiger partial charge in [-0.2, -0.15) is 18.2 Å². The zero-order valence-corrected chi connectivity index (χ0v) is 12.0. The predicted molar refractivity (Wildman–Crippen MR) is 70.2 cm³/mol. The smallest absolute Gasteiger partial charge is 0.339 e. The quantitative estimate of drug-likeness (QED) is 0.559. The molecule has 20 heavy (non-hydrogen) atoms. The van der Waals surface area contributed by atoms with Crippen molar-refractivity contribution in [2.24, 2.45) is 0 Å². The number of hydrogen-bond donors (Lipinski definition) is 0. The summed E-state index contributed by atoms with van der Waals surface area (Å²) < 4.78 is 41.3. The standard InChI is InChI=1S/C14H23F3N2O/c1-2-3-4-5-6-7-8-9-10-11-12-18-13(19-20-12)14(15,16)17/h2-11H2,1H3. The number of rotatable bonds is 10. The Kier molecular flexibility index (Phi) is 7.62. The molecule has 0 aliphatic rings. The lowest BCUT2D eigenvalue weighted by atomic mass is 10.1. The molecule has 0 fully saturated rings. The second-order valence-electron chi connectivity index (χ2n) is 5.09. The van der Waals surface area contributed by atoms with Crippen LogP contribution in [0.1, 0.15) is 76.4 Å². The Labute approximate surface area is 117 Å². The summed E-state index contributed by atoms with van der Waals surface area (Å²) in [6, 6.07) is 0. The van der Waals surface area contributed by atoms with E-state index in [-0.39, 0.29) is 5.89 Å². The number of unbranched alkanes of at least 4 members (excludes halogenated alkanes) is 8. The zero-order valence-electron chi connectivity index (χ0n) is 12.0. The van der Waals surface area contributed by atoms with Gasteiger partial charge < -0.3 is 4.52 Å². The van der Waals surface area contributed by atoms with Crippen molar-refractivity contribution in [3.8, 4) is 0 Å². The minimum atomic E-state index is -4.51. The first-order valence-electron chi connectivity index (χ1n) is 7.44. The molecular formula is C14H23F3N2O. The molecule has 116 valence electrons. The molecule has 1 aromatic rings. The van der Waals surface area contributed by atoms with Crippen LogP contribution in [-0.2, 0) is 12.6 Å². The Bertz CT molecular complexity index is 364. The van der Waals surface area contributed by atoms with Crippen LogP contribution in [0.3, 0.4) is 0 Å². The van der Waals surface area contributed by atoms with Crippen molar-refractivity contribution in [1.29, 1.82) is 0 Å². The van der Waals surface area contributed by atoms with E-state index in [4.69, 9.17) is 0 Å². The van der Waals surface area contributed by atoms with Gasteiger partial charge in [0.15, 0.2) is 0 Å². The molecule has 0 amide bonds. The Morgan fingerprint density at radius 1 is 0.900 bits per heavy atom. The number of aryl methyl sites for hydroxylation is 1. The highest BCUT2D eigenvalue weighted by molar-refractivity contribution is 4.90. The zero-order chi connectivity index (χ0) is 14.8. The van der Waals surface area contributed by atoms with E-state index in [2.05, 4.69) is 21.6 Å². The summed E-state index contributed by atoms with van der Waals surface area (Å²) in [5, 5.41) is 2.93. The molecule has 0 bridgehead atoms. The van der Waals surface area contributed by atoms with Crippen LogP contribution >= 0.6 is 0 Å². The van der Waals surface area contributed by atoms with Gasteiger partial charge in [0.05, 0.1) is 0 Å². The fourth-order valence-corrected chi connectivity index (χ4v) is 2.06. The molecule has 0 radical (unpaired) electrons. The van der Waals surface area contributed by atoms with Crippen molar-refractivity contribution in [2.45, 2.75) is 77.3 Å². The van der Waals surface area contributed by atoms with Gasteiger partial charge in [-0.3, -0.25) is 0 Å². The van der Waals surface area contributed by atoms with Crippen molar-refractivity contribution in [2.75, 3.05) is 0 Å². The van der Waals surface area contributed by atoms with E-state index in [0.29, 0.717) is 6.42 Å². The van der Waals surface area contributed by atoms with Gasteiger partial charge in [0.2, 0.25) is 5.89 Å². The Balaban J connectivity index is 2.03. The van der Waals surface area contributed by atoms with Gasteiger partial charge >= 0.3 is 6.18 Å². The van der Waals surface area contributed by atoms with Gasteiger partial charge in [-0.1, -0.05) is 63.4 Å². The molecule has 6 heteroatoms. The van der Waals surface area contributed by atoms with E-state index in [9.17, 15) is 13.2 Å². The third-order valence-electron chi connectivity index (χ3n) is 3.22. The molecule has 1 heterocycles. The van der Waals surface area contributed by atoms with Crippen LogP contribution in [0.5, 0.6) is 0 Å². The molecule has 0 aliphatic heterocycles. The van der Waals surface area contributed by atoms with Crippen LogP contribution in [0.25, 0.3) is 0 Å². The van der Waals surface area contributed by atoms with E-state index in [0.717, 1.165) is 19.3 Å². The largest absolute Gasteiger partial charge is 0.455 e. The number of aromatic nitrogens is 2. The topological polar surface area (TPSA) is 38.9 Å². The summed E-state index contributed by atoms with van der Waals surface area (Å²) in [7, 11) is 0. The summed E-state index contributed by atoms with van der Waals surface area (Å²) in [5.41, 5.74) is 0. The summed E-state index contributed by atoms with van der Waals surface area (Å²) in [6.45, 7) is 2.20. The third-order valence-corrected chi connectivity index (χ3v) is 3.22. The molecule has 0 aliphatic carbocycles. The molecule has 1 aromatic heterocycles. The van der Waals surface area contributed by atoms with E-state index < -0.39 is 12.0 Å². The third kappa shape index (κ3) is 6.91. The Hall–Kier alpha value is -1.07. The highest BCUT2D eigenvalue weighted by Crippen LogP contribution is 2.26. The number of nitrogens with zero attached hydrogens (tertiary/aromatic N) is 2. The minimum Gasteiger partial charge on any atom is -0.339 e. The molecule has 0 aromatic carbocycles. The Morgan fingerprint density at radius 2 is 1.45 bits per heavy atom. The van der Waals surface area contributed by atoms with Crippen molar-refractivity contribution in [1.82, 2.24) is 10.1 Å². The molecule has 3 nitrogen and oxygen atoms in total. The van der Waals surface area contributed by atoms with Crippen molar-refractivity contribution in [3.05, 3.63) is 11.7 Å².